The maximum Gasteiger partial charge on any atom is 0.324 e. The second kappa shape index (κ2) is 6.71. The molecule has 2 aromatic rings. The molecule has 2 amide bonds. The van der Waals surface area contributed by atoms with Crippen LogP contribution >= 0.6 is 0 Å². The van der Waals surface area contributed by atoms with Crippen molar-refractivity contribution in [3.63, 3.8) is 0 Å². The molecule has 10 nitrogen and oxygen atoms in total. The van der Waals surface area contributed by atoms with Crippen LogP contribution in [0.25, 0.3) is 0 Å². The van der Waals surface area contributed by atoms with Crippen molar-refractivity contribution in [2.45, 2.75) is 52.1 Å². The minimum atomic E-state index is -0.234. The van der Waals surface area contributed by atoms with E-state index in [4.69, 9.17) is 4.63 Å². The monoisotopic (exact) mass is 320 g/mol. The predicted octanol–water partition coefficient (Wildman–Crippen LogP) is 1.53. The lowest BCUT2D eigenvalue weighted by Gasteiger charge is -2.23. The Kier molecular flexibility index (Phi) is 4.49. The predicted molar refractivity (Wildman–Crippen MR) is 79.5 cm³/mol. The topological polar surface area (TPSA) is 115 Å². The molecular formula is C13H20N8O2. The molecule has 1 fully saturated rings. The number of amides is 2. The van der Waals surface area contributed by atoms with Crippen molar-refractivity contribution in [1.82, 2.24) is 35.4 Å². The average molecular weight is 320 g/mol. The van der Waals surface area contributed by atoms with Crippen molar-refractivity contribution < 1.29 is 9.42 Å². The third-order valence-electron chi connectivity index (χ3n) is 3.99. The van der Waals surface area contributed by atoms with E-state index in [-0.39, 0.29) is 12.1 Å². The van der Waals surface area contributed by atoms with Crippen LogP contribution in [0.5, 0.6) is 0 Å². The van der Waals surface area contributed by atoms with Gasteiger partial charge in [0.25, 0.3) is 5.95 Å². The normalized spacial score (nSPS) is 17.7. The molecule has 0 radical (unpaired) electrons. The van der Waals surface area contributed by atoms with Gasteiger partial charge < -0.3 is 4.90 Å². The molecule has 1 aliphatic rings. The molecule has 0 bridgehead atoms. The first-order valence-corrected chi connectivity index (χ1v) is 7.83. The van der Waals surface area contributed by atoms with Crippen molar-refractivity contribution in [3.8, 4) is 0 Å². The lowest BCUT2D eigenvalue weighted by Crippen LogP contribution is -2.35. The zero-order valence-corrected chi connectivity index (χ0v) is 13.3. The third-order valence-corrected chi connectivity index (χ3v) is 3.99. The fraction of sp³-hybridized carbons (Fsp3) is 0.692. The molecule has 10 heteroatoms. The van der Waals surface area contributed by atoms with Crippen LogP contribution in [0, 0.1) is 6.92 Å². The SMILES string of the molecule is CCCCn1nnnc1NC(=O)N1CCCC1c1nonc1C. The van der Waals surface area contributed by atoms with Crippen molar-refractivity contribution in [3.05, 3.63) is 11.4 Å². The third kappa shape index (κ3) is 3.15. The van der Waals surface area contributed by atoms with Crippen LogP contribution in [-0.4, -0.2) is 48.0 Å². The van der Waals surface area contributed by atoms with E-state index in [1.165, 1.54) is 0 Å². The zero-order chi connectivity index (χ0) is 16.2. The number of nitrogens with zero attached hydrogens (tertiary/aromatic N) is 7. The summed E-state index contributed by atoms with van der Waals surface area (Å²) in [6.45, 7) is 5.24. The van der Waals surface area contributed by atoms with Crippen LogP contribution in [-0.2, 0) is 6.54 Å². The number of nitrogens with one attached hydrogen (secondary N) is 1. The number of rotatable bonds is 5. The number of hydrogen-bond donors (Lipinski definition) is 1. The molecule has 1 atom stereocenters. The van der Waals surface area contributed by atoms with Crippen LogP contribution in [0.4, 0.5) is 10.7 Å². The quantitative estimate of drug-likeness (QED) is 0.888. The number of carbonyl (C=O) groups is 1. The summed E-state index contributed by atoms with van der Waals surface area (Å²) < 4.78 is 6.37. The smallest absolute Gasteiger partial charge is 0.316 e. The van der Waals surface area contributed by atoms with Crippen LogP contribution < -0.4 is 5.32 Å². The van der Waals surface area contributed by atoms with E-state index in [0.29, 0.717) is 30.4 Å². The largest absolute Gasteiger partial charge is 0.324 e. The number of hydrogen-bond acceptors (Lipinski definition) is 7. The van der Waals surface area contributed by atoms with Crippen LogP contribution in [0.2, 0.25) is 0 Å². The van der Waals surface area contributed by atoms with E-state index < -0.39 is 0 Å². The standard InChI is InChI=1S/C13H20N8O2/c1-3-4-8-21-12(15-18-19-21)14-13(22)20-7-5-6-10(20)11-9(2)16-23-17-11/h10H,3-8H2,1-2H3,(H,14,15,19,22). The number of aryl methyl sites for hydroxylation is 2. The molecule has 0 spiro atoms. The molecule has 1 unspecified atom stereocenters. The second-order valence-corrected chi connectivity index (χ2v) is 5.60. The second-order valence-electron chi connectivity index (χ2n) is 5.60. The van der Waals surface area contributed by atoms with Crippen molar-refractivity contribution in [1.29, 1.82) is 0 Å². The van der Waals surface area contributed by atoms with Crippen LogP contribution in [0.1, 0.15) is 50.0 Å². The summed E-state index contributed by atoms with van der Waals surface area (Å²) in [6, 6.07) is -0.358. The fourth-order valence-electron chi connectivity index (χ4n) is 2.75. The number of anilines is 1. The Morgan fingerprint density at radius 3 is 3.04 bits per heavy atom. The molecule has 1 N–H and O–H groups in total. The van der Waals surface area contributed by atoms with Gasteiger partial charge in [-0.3, -0.25) is 5.32 Å². The van der Waals surface area contributed by atoms with Gasteiger partial charge in [-0.15, -0.1) is 0 Å². The number of aromatic nitrogens is 6. The van der Waals surface area contributed by atoms with Crippen LogP contribution in [0.15, 0.2) is 4.63 Å². The first-order valence-electron chi connectivity index (χ1n) is 7.83. The minimum absolute atomic E-state index is 0.124. The summed E-state index contributed by atoms with van der Waals surface area (Å²) in [4.78, 5) is 14.3. The van der Waals surface area contributed by atoms with Gasteiger partial charge in [-0.2, -0.15) is 0 Å². The molecule has 3 rings (SSSR count). The summed E-state index contributed by atoms with van der Waals surface area (Å²) in [5, 5.41) is 21.9. The highest BCUT2D eigenvalue weighted by atomic mass is 16.6. The van der Waals surface area contributed by atoms with E-state index in [9.17, 15) is 4.79 Å². The van der Waals surface area contributed by atoms with Gasteiger partial charge in [0.2, 0.25) is 0 Å². The van der Waals surface area contributed by atoms with Crippen molar-refractivity contribution in [2.24, 2.45) is 0 Å². The molecule has 2 aromatic heterocycles. The minimum Gasteiger partial charge on any atom is -0.316 e. The van der Waals surface area contributed by atoms with E-state index in [1.807, 2.05) is 6.92 Å². The van der Waals surface area contributed by atoms with Gasteiger partial charge in [0, 0.05) is 13.1 Å². The van der Waals surface area contributed by atoms with Crippen molar-refractivity contribution in [2.75, 3.05) is 11.9 Å². The molecule has 1 saturated heterocycles. The Hall–Kier alpha value is -2.52. The zero-order valence-electron chi connectivity index (χ0n) is 13.3. The van der Waals surface area contributed by atoms with Gasteiger partial charge >= 0.3 is 6.03 Å². The van der Waals surface area contributed by atoms with E-state index in [0.717, 1.165) is 25.7 Å². The Morgan fingerprint density at radius 2 is 2.30 bits per heavy atom. The molecule has 3 heterocycles. The average Bonchev–Trinajstić information content (AvgIpc) is 3.25. The number of tetrazole rings is 1. The molecule has 124 valence electrons. The van der Waals surface area contributed by atoms with Gasteiger partial charge in [-0.25, -0.2) is 14.1 Å². The number of carbonyl (C=O) groups excluding carboxylic acids is 1. The first-order chi connectivity index (χ1) is 11.2. The Morgan fingerprint density at radius 1 is 1.43 bits per heavy atom. The number of unbranched alkanes of at least 4 members (excludes halogenated alkanes) is 1. The van der Waals surface area contributed by atoms with Gasteiger partial charge in [0.05, 0.1) is 6.04 Å². The highest BCUT2D eigenvalue weighted by Gasteiger charge is 2.34. The van der Waals surface area contributed by atoms with E-state index in [2.05, 4.69) is 38.1 Å². The summed E-state index contributed by atoms with van der Waals surface area (Å²) in [5.74, 6) is 0.365. The highest BCUT2D eigenvalue weighted by Crippen LogP contribution is 2.32. The maximum atomic E-state index is 12.6. The molecule has 0 aromatic carbocycles. The lowest BCUT2D eigenvalue weighted by molar-refractivity contribution is 0.203. The molecular weight excluding hydrogens is 300 g/mol. The number of likely N-dealkylation sites (tertiary alicyclic amines) is 1. The Bertz CT molecular complexity index is 666. The summed E-state index contributed by atoms with van der Waals surface area (Å²) in [6.07, 6.45) is 3.72. The Balaban J connectivity index is 1.70. The van der Waals surface area contributed by atoms with Gasteiger partial charge in [0.15, 0.2) is 0 Å². The highest BCUT2D eigenvalue weighted by molar-refractivity contribution is 5.88. The molecule has 23 heavy (non-hydrogen) atoms. The van der Waals surface area contributed by atoms with E-state index in [1.54, 1.807) is 9.58 Å². The molecule has 1 aliphatic heterocycles. The lowest BCUT2D eigenvalue weighted by atomic mass is 10.1. The molecule has 0 aliphatic carbocycles. The molecule has 0 saturated carbocycles. The Labute approximate surface area is 133 Å². The summed E-state index contributed by atoms with van der Waals surface area (Å²) in [5.41, 5.74) is 1.42. The van der Waals surface area contributed by atoms with Gasteiger partial charge in [0.1, 0.15) is 11.4 Å². The van der Waals surface area contributed by atoms with Crippen molar-refractivity contribution >= 4 is 12.0 Å². The summed E-state index contributed by atoms with van der Waals surface area (Å²) in [7, 11) is 0. The maximum absolute atomic E-state index is 12.6. The number of urea groups is 1. The first kappa shape index (κ1) is 15.4. The fourth-order valence-corrected chi connectivity index (χ4v) is 2.75. The summed E-state index contributed by atoms with van der Waals surface area (Å²) >= 11 is 0. The van der Waals surface area contributed by atoms with E-state index >= 15 is 0 Å². The van der Waals surface area contributed by atoms with Gasteiger partial charge in [-0.1, -0.05) is 28.8 Å². The van der Waals surface area contributed by atoms with Gasteiger partial charge in [-0.05, 0) is 36.6 Å². The van der Waals surface area contributed by atoms with Crippen LogP contribution in [0.3, 0.4) is 0 Å².